The predicted octanol–water partition coefficient (Wildman–Crippen LogP) is -0.222. The third-order valence-corrected chi connectivity index (χ3v) is 4.67. The minimum atomic E-state index is 0. The zero-order valence-corrected chi connectivity index (χ0v) is 15.1. The Morgan fingerprint density at radius 2 is 1.70 bits per heavy atom. The Bertz CT molecular complexity index is 674. The van der Waals surface area contributed by atoms with E-state index in [4.69, 9.17) is 0 Å². The number of hydrogen-bond donors (Lipinski definition) is 1. The molecule has 2 aromatic carbocycles. The van der Waals surface area contributed by atoms with Gasteiger partial charge < -0.3 is 17.0 Å². The molecule has 3 rings (SSSR count). The normalized spacial score (nSPS) is 13.6. The second-order valence-corrected chi connectivity index (χ2v) is 6.29. The number of thioether (sulfide) groups is 1. The number of Topliss-reactive ketones (excluding diaryl/α,β-unsaturated/α-hetero) is 1. The number of rotatable bonds is 5. The molecule has 0 bridgehead atoms. The highest BCUT2D eigenvalue weighted by Crippen LogP contribution is 2.12. The second kappa shape index (κ2) is 8.89. The van der Waals surface area contributed by atoms with E-state index in [0.29, 0.717) is 6.54 Å². The van der Waals surface area contributed by atoms with Crippen LogP contribution in [0, 0.1) is 0 Å². The van der Waals surface area contributed by atoms with Crippen LogP contribution in [0.1, 0.15) is 15.9 Å². The number of carbonyl (C=O) groups excluding carboxylic acids is 1. The van der Waals surface area contributed by atoms with Crippen molar-refractivity contribution >= 4 is 22.7 Å². The van der Waals surface area contributed by atoms with Crippen LogP contribution in [0.2, 0.25) is 0 Å². The lowest BCUT2D eigenvalue weighted by atomic mass is 10.1. The molecule has 1 aliphatic rings. The van der Waals surface area contributed by atoms with Gasteiger partial charge in [0.1, 0.15) is 13.1 Å². The molecule has 0 radical (unpaired) electrons. The lowest BCUT2D eigenvalue weighted by Gasteiger charge is -2.05. The van der Waals surface area contributed by atoms with E-state index in [9.17, 15) is 4.79 Å². The van der Waals surface area contributed by atoms with Crippen molar-refractivity contribution in [1.29, 1.82) is 0 Å². The van der Waals surface area contributed by atoms with Gasteiger partial charge in [-0.1, -0.05) is 60.7 Å². The molecule has 120 valence electrons. The van der Waals surface area contributed by atoms with E-state index in [-0.39, 0.29) is 22.8 Å². The number of carbonyl (C=O) groups is 1. The summed E-state index contributed by atoms with van der Waals surface area (Å²) in [6, 6.07) is 19.8. The summed E-state index contributed by atoms with van der Waals surface area (Å²) in [7, 11) is 0. The van der Waals surface area contributed by atoms with Crippen LogP contribution in [-0.4, -0.2) is 34.4 Å². The summed E-state index contributed by atoms with van der Waals surface area (Å²) >= 11 is 1.79. The van der Waals surface area contributed by atoms with E-state index >= 15 is 0 Å². The highest BCUT2D eigenvalue weighted by atomic mass is 79.9. The van der Waals surface area contributed by atoms with Crippen molar-refractivity contribution in [2.75, 3.05) is 18.8 Å². The molecule has 2 aromatic rings. The van der Waals surface area contributed by atoms with E-state index in [1.54, 1.807) is 11.8 Å². The zero-order chi connectivity index (χ0) is 15.2. The molecule has 23 heavy (non-hydrogen) atoms. The van der Waals surface area contributed by atoms with Crippen LogP contribution in [0.3, 0.4) is 0 Å². The molecule has 0 fully saturated rings. The van der Waals surface area contributed by atoms with Gasteiger partial charge in [0.2, 0.25) is 5.78 Å². The third kappa shape index (κ3) is 4.94. The highest BCUT2D eigenvalue weighted by molar-refractivity contribution is 8.13. The molecular formula is C18H19BrN2OS. The van der Waals surface area contributed by atoms with Gasteiger partial charge in [-0.15, -0.1) is 0 Å². The van der Waals surface area contributed by atoms with Gasteiger partial charge in [0, 0.05) is 11.3 Å². The fourth-order valence-corrected chi connectivity index (χ4v) is 3.44. The third-order valence-electron chi connectivity index (χ3n) is 3.60. The average Bonchev–Trinajstić information content (AvgIpc) is 3.02. The van der Waals surface area contributed by atoms with Crippen LogP contribution in [0.15, 0.2) is 60.7 Å². The number of ketones is 1. The maximum Gasteiger partial charge on any atom is 0.307 e. The van der Waals surface area contributed by atoms with Crippen molar-refractivity contribution < 1.29 is 26.4 Å². The van der Waals surface area contributed by atoms with Crippen molar-refractivity contribution in [1.82, 2.24) is 5.32 Å². The first kappa shape index (κ1) is 17.8. The van der Waals surface area contributed by atoms with Gasteiger partial charge in [0.05, 0.1) is 6.54 Å². The fraction of sp³-hybridized carbons (Fsp3) is 0.222. The lowest BCUT2D eigenvalue weighted by Crippen LogP contribution is -3.00. The molecular weight excluding hydrogens is 372 g/mol. The maximum atomic E-state index is 12.3. The summed E-state index contributed by atoms with van der Waals surface area (Å²) in [5.74, 6) is 1.20. The SMILES string of the molecule is O=C(C[N+]1=C(NCc2ccccc2)SCC1)c1ccccc1.[Br-]. The van der Waals surface area contributed by atoms with Gasteiger partial charge >= 0.3 is 5.17 Å². The molecule has 1 N–H and O–H groups in total. The lowest BCUT2D eigenvalue weighted by molar-refractivity contribution is -0.505. The highest BCUT2D eigenvalue weighted by Gasteiger charge is 2.23. The molecule has 0 aliphatic carbocycles. The van der Waals surface area contributed by atoms with Crippen LogP contribution in [-0.2, 0) is 6.54 Å². The van der Waals surface area contributed by atoms with Gasteiger partial charge in [0.15, 0.2) is 0 Å². The van der Waals surface area contributed by atoms with Gasteiger partial charge in [-0.25, -0.2) is 4.58 Å². The number of halogens is 1. The van der Waals surface area contributed by atoms with Crippen molar-refractivity contribution in [2.45, 2.75) is 6.54 Å². The molecule has 3 nitrogen and oxygen atoms in total. The van der Waals surface area contributed by atoms with Gasteiger partial charge in [-0.3, -0.25) is 10.1 Å². The predicted molar refractivity (Wildman–Crippen MR) is 91.5 cm³/mol. The standard InChI is InChI=1S/C18H18N2OS.BrH/c21-17(16-9-5-2-6-10-16)14-20-11-12-22-18(20)19-13-15-7-3-1-4-8-15;/h1-10H,11-14H2;1H. The number of amidine groups is 1. The summed E-state index contributed by atoms with van der Waals surface area (Å²) in [5.41, 5.74) is 2.03. The minimum absolute atomic E-state index is 0. The first-order valence-electron chi connectivity index (χ1n) is 7.44. The molecule has 0 unspecified atom stereocenters. The summed E-state index contributed by atoms with van der Waals surface area (Å²) in [6.07, 6.45) is 0. The van der Waals surface area contributed by atoms with Crippen LogP contribution < -0.4 is 22.3 Å². The second-order valence-electron chi connectivity index (χ2n) is 5.20. The molecule has 0 atom stereocenters. The fourth-order valence-electron chi connectivity index (χ4n) is 2.42. The van der Waals surface area contributed by atoms with Crippen LogP contribution in [0.4, 0.5) is 0 Å². The smallest absolute Gasteiger partial charge is 0.307 e. The molecule has 0 spiro atoms. The van der Waals surface area contributed by atoms with Crippen LogP contribution in [0.25, 0.3) is 0 Å². The molecule has 0 aromatic heterocycles. The Kier molecular flexibility index (Phi) is 6.86. The van der Waals surface area contributed by atoms with E-state index in [0.717, 1.165) is 29.6 Å². The number of hydrogen-bond acceptors (Lipinski definition) is 3. The Morgan fingerprint density at radius 1 is 1.04 bits per heavy atom. The topological polar surface area (TPSA) is 32.1 Å². The first-order valence-corrected chi connectivity index (χ1v) is 8.42. The van der Waals surface area contributed by atoms with E-state index < -0.39 is 0 Å². The monoisotopic (exact) mass is 390 g/mol. The van der Waals surface area contributed by atoms with Crippen LogP contribution >= 0.6 is 11.8 Å². The average molecular weight is 391 g/mol. The largest absolute Gasteiger partial charge is 1.00 e. The van der Waals surface area contributed by atoms with Crippen LogP contribution in [0.5, 0.6) is 0 Å². The number of benzene rings is 2. The molecule has 1 heterocycles. The quantitative estimate of drug-likeness (QED) is 0.565. The minimum Gasteiger partial charge on any atom is -1.00 e. The summed E-state index contributed by atoms with van der Waals surface area (Å²) in [4.78, 5) is 12.3. The van der Waals surface area contributed by atoms with Crippen molar-refractivity contribution in [2.24, 2.45) is 0 Å². The Morgan fingerprint density at radius 3 is 2.39 bits per heavy atom. The molecule has 5 heteroatoms. The van der Waals surface area contributed by atoms with E-state index in [1.807, 2.05) is 48.5 Å². The van der Waals surface area contributed by atoms with Gasteiger partial charge in [0.25, 0.3) is 0 Å². The van der Waals surface area contributed by atoms with Gasteiger partial charge in [-0.2, -0.15) is 0 Å². The Labute approximate surface area is 151 Å². The van der Waals surface area contributed by atoms with E-state index in [1.165, 1.54) is 5.56 Å². The Hall–Kier alpha value is -1.59. The van der Waals surface area contributed by atoms with Crippen molar-refractivity contribution in [3.05, 3.63) is 71.8 Å². The molecule has 1 aliphatic heterocycles. The van der Waals surface area contributed by atoms with Crippen molar-refractivity contribution in [3.8, 4) is 0 Å². The summed E-state index contributed by atoms with van der Waals surface area (Å²) < 4.78 is 2.14. The maximum absolute atomic E-state index is 12.3. The van der Waals surface area contributed by atoms with E-state index in [2.05, 4.69) is 22.0 Å². The molecule has 0 amide bonds. The Balaban J connectivity index is 0.00000192. The number of nitrogens with one attached hydrogen (secondary N) is 1. The summed E-state index contributed by atoms with van der Waals surface area (Å²) in [5, 5.41) is 4.56. The first-order chi connectivity index (χ1) is 10.8. The molecule has 0 saturated heterocycles. The zero-order valence-electron chi connectivity index (χ0n) is 12.7. The molecule has 0 saturated carbocycles. The van der Waals surface area contributed by atoms with Gasteiger partial charge in [-0.05, 0) is 17.3 Å². The van der Waals surface area contributed by atoms with Crippen molar-refractivity contribution in [3.63, 3.8) is 0 Å². The number of nitrogens with zero attached hydrogens (tertiary/aromatic N) is 1. The summed E-state index contributed by atoms with van der Waals surface area (Å²) in [6.45, 7) is 2.15.